The van der Waals surface area contributed by atoms with Crippen molar-refractivity contribution in [3.63, 3.8) is 0 Å². The molecule has 1 saturated heterocycles. The standard InChI is InChI=1S/C20H22N4O2/c25-15-22-10-12-23(13-11-22)20(26)17-7-8-19(21-14-17)24-9-3-5-16-4-1-2-6-18(16)24/h1-2,4,6-8,14-15H,3,5,9-13H2. The third-order valence-corrected chi connectivity index (χ3v) is 5.13. The van der Waals surface area contributed by atoms with E-state index >= 15 is 0 Å². The lowest BCUT2D eigenvalue weighted by molar-refractivity contribution is -0.119. The molecular formula is C20H22N4O2. The maximum Gasteiger partial charge on any atom is 0.255 e. The minimum absolute atomic E-state index is 0.0198. The normalized spacial score (nSPS) is 17.0. The van der Waals surface area contributed by atoms with Crippen molar-refractivity contribution in [3.05, 3.63) is 53.7 Å². The van der Waals surface area contributed by atoms with Crippen LogP contribution in [-0.4, -0.2) is 59.8 Å². The van der Waals surface area contributed by atoms with Crippen molar-refractivity contribution in [2.75, 3.05) is 37.6 Å². The molecule has 0 bridgehead atoms. The summed E-state index contributed by atoms with van der Waals surface area (Å²) in [7, 11) is 0. The molecule has 2 aliphatic rings. The molecule has 0 atom stereocenters. The number of piperazine rings is 1. The zero-order chi connectivity index (χ0) is 17.9. The van der Waals surface area contributed by atoms with Crippen molar-refractivity contribution in [2.45, 2.75) is 12.8 Å². The summed E-state index contributed by atoms with van der Waals surface area (Å²) in [6.45, 7) is 3.25. The number of aryl methyl sites for hydroxylation is 1. The van der Waals surface area contributed by atoms with Crippen LogP contribution in [-0.2, 0) is 11.2 Å². The van der Waals surface area contributed by atoms with Crippen LogP contribution < -0.4 is 4.90 Å². The molecule has 4 rings (SSSR count). The average Bonchev–Trinajstić information content (AvgIpc) is 2.73. The van der Waals surface area contributed by atoms with Gasteiger partial charge in [0.15, 0.2) is 0 Å². The number of fused-ring (bicyclic) bond motifs is 1. The van der Waals surface area contributed by atoms with Crippen LogP contribution in [0.2, 0.25) is 0 Å². The molecule has 1 fully saturated rings. The molecule has 0 saturated carbocycles. The Balaban J connectivity index is 1.49. The number of aromatic nitrogens is 1. The molecule has 0 radical (unpaired) electrons. The molecule has 26 heavy (non-hydrogen) atoms. The van der Waals surface area contributed by atoms with Gasteiger partial charge < -0.3 is 14.7 Å². The van der Waals surface area contributed by atoms with Gasteiger partial charge in [-0.15, -0.1) is 0 Å². The second kappa shape index (κ2) is 7.15. The number of pyridine rings is 1. The Hall–Kier alpha value is -2.89. The number of carbonyl (C=O) groups excluding carboxylic acids is 2. The molecule has 0 N–H and O–H groups in total. The molecule has 6 heteroatoms. The fourth-order valence-electron chi connectivity index (χ4n) is 3.66. The van der Waals surface area contributed by atoms with Crippen molar-refractivity contribution in [2.24, 2.45) is 0 Å². The zero-order valence-electron chi connectivity index (χ0n) is 14.7. The fourth-order valence-corrected chi connectivity index (χ4v) is 3.66. The van der Waals surface area contributed by atoms with Crippen LogP contribution in [0.4, 0.5) is 11.5 Å². The van der Waals surface area contributed by atoms with E-state index in [1.807, 2.05) is 18.2 Å². The van der Waals surface area contributed by atoms with Crippen molar-refractivity contribution in [1.82, 2.24) is 14.8 Å². The highest BCUT2D eigenvalue weighted by molar-refractivity contribution is 5.94. The Morgan fingerprint density at radius 1 is 1.00 bits per heavy atom. The van der Waals surface area contributed by atoms with Gasteiger partial charge in [0.1, 0.15) is 5.82 Å². The lowest BCUT2D eigenvalue weighted by atomic mass is 10.0. The monoisotopic (exact) mass is 350 g/mol. The van der Waals surface area contributed by atoms with Crippen LogP contribution in [0, 0.1) is 0 Å². The smallest absolute Gasteiger partial charge is 0.255 e. The van der Waals surface area contributed by atoms with E-state index in [1.54, 1.807) is 16.0 Å². The number of para-hydroxylation sites is 1. The lowest BCUT2D eigenvalue weighted by Gasteiger charge is -2.33. The Morgan fingerprint density at radius 3 is 2.54 bits per heavy atom. The summed E-state index contributed by atoms with van der Waals surface area (Å²) >= 11 is 0. The van der Waals surface area contributed by atoms with E-state index in [9.17, 15) is 9.59 Å². The second-order valence-corrected chi connectivity index (χ2v) is 6.72. The van der Waals surface area contributed by atoms with E-state index in [0.717, 1.165) is 31.6 Å². The summed E-state index contributed by atoms with van der Waals surface area (Å²) in [5, 5.41) is 0. The van der Waals surface area contributed by atoms with Gasteiger partial charge in [0.25, 0.3) is 5.91 Å². The van der Waals surface area contributed by atoms with Crippen LogP contribution in [0.25, 0.3) is 0 Å². The molecule has 0 unspecified atom stereocenters. The molecule has 0 aliphatic carbocycles. The van der Waals surface area contributed by atoms with Gasteiger partial charge in [0.05, 0.1) is 5.56 Å². The first-order chi connectivity index (χ1) is 12.8. The first-order valence-electron chi connectivity index (χ1n) is 9.06. The van der Waals surface area contributed by atoms with Gasteiger partial charge in [0, 0.05) is 44.6 Å². The molecule has 6 nitrogen and oxygen atoms in total. The summed E-state index contributed by atoms with van der Waals surface area (Å²) in [5.74, 6) is 0.855. The van der Waals surface area contributed by atoms with E-state index in [-0.39, 0.29) is 5.91 Å². The van der Waals surface area contributed by atoms with Gasteiger partial charge in [0.2, 0.25) is 6.41 Å². The highest BCUT2D eigenvalue weighted by Crippen LogP contribution is 2.32. The van der Waals surface area contributed by atoms with Gasteiger partial charge >= 0.3 is 0 Å². The summed E-state index contributed by atoms with van der Waals surface area (Å²) in [6.07, 6.45) is 4.70. The first kappa shape index (κ1) is 16.6. The highest BCUT2D eigenvalue weighted by Gasteiger charge is 2.23. The Kier molecular flexibility index (Phi) is 4.56. The topological polar surface area (TPSA) is 56.8 Å². The number of carbonyl (C=O) groups is 2. The second-order valence-electron chi connectivity index (χ2n) is 6.72. The zero-order valence-corrected chi connectivity index (χ0v) is 14.7. The predicted molar refractivity (Wildman–Crippen MR) is 99.5 cm³/mol. The number of amides is 2. The number of benzene rings is 1. The van der Waals surface area contributed by atoms with Gasteiger partial charge in [-0.3, -0.25) is 9.59 Å². The number of hydrogen-bond donors (Lipinski definition) is 0. The SMILES string of the molecule is O=CN1CCN(C(=O)c2ccc(N3CCCc4ccccc43)nc2)CC1. The summed E-state index contributed by atoms with van der Waals surface area (Å²) < 4.78 is 0. The molecule has 0 spiro atoms. The minimum Gasteiger partial charge on any atom is -0.342 e. The molecule has 2 aromatic rings. The van der Waals surface area contributed by atoms with E-state index in [2.05, 4.69) is 28.1 Å². The van der Waals surface area contributed by atoms with Crippen molar-refractivity contribution < 1.29 is 9.59 Å². The van der Waals surface area contributed by atoms with Crippen LogP contribution in [0.15, 0.2) is 42.6 Å². The Morgan fingerprint density at radius 2 is 1.81 bits per heavy atom. The van der Waals surface area contributed by atoms with Gasteiger partial charge in [-0.1, -0.05) is 18.2 Å². The first-order valence-corrected chi connectivity index (χ1v) is 9.06. The van der Waals surface area contributed by atoms with Crippen LogP contribution in [0.3, 0.4) is 0 Å². The molecule has 2 aliphatic heterocycles. The van der Waals surface area contributed by atoms with Gasteiger partial charge in [-0.25, -0.2) is 4.98 Å². The molecule has 2 amide bonds. The largest absolute Gasteiger partial charge is 0.342 e. The third-order valence-electron chi connectivity index (χ3n) is 5.13. The molecule has 3 heterocycles. The van der Waals surface area contributed by atoms with Crippen LogP contribution >= 0.6 is 0 Å². The number of hydrogen-bond acceptors (Lipinski definition) is 4. The highest BCUT2D eigenvalue weighted by atomic mass is 16.2. The lowest BCUT2D eigenvalue weighted by Crippen LogP contribution is -2.48. The Labute approximate surface area is 153 Å². The summed E-state index contributed by atoms with van der Waals surface area (Å²) in [5.41, 5.74) is 3.14. The molecular weight excluding hydrogens is 328 g/mol. The Bertz CT molecular complexity index is 798. The number of nitrogens with zero attached hydrogens (tertiary/aromatic N) is 4. The summed E-state index contributed by atoms with van der Waals surface area (Å²) in [6, 6.07) is 12.2. The number of anilines is 2. The molecule has 134 valence electrons. The predicted octanol–water partition coefficient (Wildman–Crippen LogP) is 2.08. The van der Waals surface area contributed by atoms with E-state index in [4.69, 9.17) is 0 Å². The average molecular weight is 350 g/mol. The van der Waals surface area contributed by atoms with Gasteiger partial charge in [-0.05, 0) is 36.6 Å². The van der Waals surface area contributed by atoms with E-state index in [0.29, 0.717) is 31.7 Å². The van der Waals surface area contributed by atoms with E-state index < -0.39 is 0 Å². The van der Waals surface area contributed by atoms with Gasteiger partial charge in [-0.2, -0.15) is 0 Å². The van der Waals surface area contributed by atoms with Crippen molar-refractivity contribution in [1.29, 1.82) is 0 Å². The third kappa shape index (κ3) is 3.14. The molecule has 1 aromatic carbocycles. The maximum absolute atomic E-state index is 12.6. The number of rotatable bonds is 3. The summed E-state index contributed by atoms with van der Waals surface area (Å²) in [4.78, 5) is 33.7. The molecule has 1 aromatic heterocycles. The fraction of sp³-hybridized carbons (Fsp3) is 0.350. The van der Waals surface area contributed by atoms with Crippen molar-refractivity contribution in [3.8, 4) is 0 Å². The van der Waals surface area contributed by atoms with Crippen molar-refractivity contribution >= 4 is 23.8 Å². The maximum atomic E-state index is 12.6. The van der Waals surface area contributed by atoms with E-state index in [1.165, 1.54) is 11.3 Å². The van der Waals surface area contributed by atoms with Crippen LogP contribution in [0.5, 0.6) is 0 Å². The quantitative estimate of drug-likeness (QED) is 0.796. The minimum atomic E-state index is -0.0198. The van der Waals surface area contributed by atoms with Crippen LogP contribution in [0.1, 0.15) is 22.3 Å².